The molecule has 6 heteroatoms. The number of ether oxygens (including phenoxy) is 1. The number of carbonyl (C=O) groups is 1. The summed E-state index contributed by atoms with van der Waals surface area (Å²) >= 11 is 0. The van der Waals surface area contributed by atoms with E-state index in [2.05, 4.69) is 60.0 Å². The lowest BCUT2D eigenvalue weighted by molar-refractivity contribution is 0.0963. The Morgan fingerprint density at radius 1 is 1.14 bits per heavy atom. The second kappa shape index (κ2) is 10.7. The van der Waals surface area contributed by atoms with Crippen molar-refractivity contribution in [2.24, 2.45) is 4.99 Å². The van der Waals surface area contributed by atoms with Gasteiger partial charge in [-0.1, -0.05) is 42.5 Å². The van der Waals surface area contributed by atoms with Gasteiger partial charge in [-0.05, 0) is 49.4 Å². The van der Waals surface area contributed by atoms with E-state index in [4.69, 9.17) is 9.73 Å². The molecule has 0 radical (unpaired) electrons. The van der Waals surface area contributed by atoms with Gasteiger partial charge >= 0.3 is 6.09 Å². The molecule has 0 bridgehead atoms. The fourth-order valence-electron chi connectivity index (χ4n) is 3.63. The first-order chi connectivity index (χ1) is 14.2. The first-order valence-electron chi connectivity index (χ1n) is 10.6. The van der Waals surface area contributed by atoms with Crippen LogP contribution in [0.1, 0.15) is 32.3 Å². The van der Waals surface area contributed by atoms with E-state index in [0.717, 1.165) is 38.3 Å². The number of nitrogens with zero attached hydrogens (tertiary/aromatic N) is 2. The molecule has 3 rings (SSSR count). The third-order valence-electron chi connectivity index (χ3n) is 5.19. The van der Waals surface area contributed by atoms with Crippen LogP contribution in [0.5, 0.6) is 0 Å². The first kappa shape index (κ1) is 21.0. The van der Waals surface area contributed by atoms with Crippen molar-refractivity contribution in [1.82, 2.24) is 15.5 Å². The summed E-state index contributed by atoms with van der Waals surface area (Å²) in [4.78, 5) is 18.4. The number of guanidine groups is 1. The smallest absolute Gasteiger partial charge is 0.409 e. The third kappa shape index (κ3) is 6.11. The number of carbonyl (C=O) groups excluding carboxylic acids is 1. The topological polar surface area (TPSA) is 66.0 Å². The Hall–Kier alpha value is -2.76. The molecule has 0 atom stereocenters. The highest BCUT2D eigenvalue weighted by Crippen LogP contribution is 2.16. The average molecular weight is 397 g/mol. The standard InChI is InChI=1S/C23H32N4O2/c1-3-24-22(26-21-12-15-27(16-13-21)23(28)29-4-2)25-14-11-18-9-10-19-7-5-6-8-20(19)17-18/h5-10,17,21H,3-4,11-16H2,1-2H3,(H2,24,25,26). The number of amides is 1. The molecule has 2 N–H and O–H groups in total. The van der Waals surface area contributed by atoms with Gasteiger partial charge in [0, 0.05) is 32.2 Å². The van der Waals surface area contributed by atoms with E-state index in [0.29, 0.717) is 25.7 Å². The second-order valence-electron chi connectivity index (χ2n) is 7.30. The van der Waals surface area contributed by atoms with Gasteiger partial charge in [0.1, 0.15) is 0 Å². The van der Waals surface area contributed by atoms with Crippen LogP contribution in [-0.2, 0) is 11.2 Å². The van der Waals surface area contributed by atoms with Gasteiger partial charge in [0.15, 0.2) is 5.96 Å². The SMILES string of the molecule is CCNC(=NCCc1ccc2ccccc2c1)NC1CCN(C(=O)OCC)CC1. The van der Waals surface area contributed by atoms with Crippen molar-refractivity contribution >= 4 is 22.8 Å². The predicted molar refractivity (Wildman–Crippen MR) is 118 cm³/mol. The highest BCUT2D eigenvalue weighted by molar-refractivity contribution is 5.83. The van der Waals surface area contributed by atoms with Crippen molar-refractivity contribution in [3.63, 3.8) is 0 Å². The third-order valence-corrected chi connectivity index (χ3v) is 5.19. The number of benzene rings is 2. The van der Waals surface area contributed by atoms with Gasteiger partial charge in [0.2, 0.25) is 0 Å². The van der Waals surface area contributed by atoms with Crippen LogP contribution in [0, 0.1) is 0 Å². The maximum absolute atomic E-state index is 11.8. The minimum Gasteiger partial charge on any atom is -0.450 e. The van der Waals surface area contributed by atoms with Gasteiger partial charge in [-0.25, -0.2) is 4.79 Å². The molecule has 6 nitrogen and oxygen atoms in total. The molecule has 1 fully saturated rings. The largest absolute Gasteiger partial charge is 0.450 e. The van der Waals surface area contributed by atoms with Crippen molar-refractivity contribution in [3.05, 3.63) is 48.0 Å². The lowest BCUT2D eigenvalue weighted by atomic mass is 10.1. The zero-order valence-corrected chi connectivity index (χ0v) is 17.5. The van der Waals surface area contributed by atoms with Crippen molar-refractivity contribution in [3.8, 4) is 0 Å². The van der Waals surface area contributed by atoms with E-state index in [1.807, 2.05) is 6.92 Å². The van der Waals surface area contributed by atoms with Crippen LogP contribution in [0.25, 0.3) is 10.8 Å². The molecule has 1 saturated heterocycles. The first-order valence-corrected chi connectivity index (χ1v) is 10.6. The highest BCUT2D eigenvalue weighted by atomic mass is 16.6. The molecule has 1 aliphatic heterocycles. The quantitative estimate of drug-likeness (QED) is 0.579. The molecular formula is C23H32N4O2. The van der Waals surface area contributed by atoms with Crippen LogP contribution in [0.4, 0.5) is 4.79 Å². The van der Waals surface area contributed by atoms with Gasteiger partial charge in [0.05, 0.1) is 6.61 Å². The molecule has 0 saturated carbocycles. The van der Waals surface area contributed by atoms with E-state index in [9.17, 15) is 4.79 Å². The van der Waals surface area contributed by atoms with Crippen molar-refractivity contribution < 1.29 is 9.53 Å². The molecule has 2 aromatic rings. The Bertz CT molecular complexity index is 828. The molecule has 0 spiro atoms. The summed E-state index contributed by atoms with van der Waals surface area (Å²) in [7, 11) is 0. The number of likely N-dealkylation sites (tertiary alicyclic amines) is 1. The molecule has 156 valence electrons. The molecule has 0 unspecified atom stereocenters. The van der Waals surface area contributed by atoms with E-state index in [1.165, 1.54) is 16.3 Å². The van der Waals surface area contributed by atoms with E-state index < -0.39 is 0 Å². The highest BCUT2D eigenvalue weighted by Gasteiger charge is 2.23. The molecular weight excluding hydrogens is 364 g/mol. The maximum atomic E-state index is 11.8. The predicted octanol–water partition coefficient (Wildman–Crippen LogP) is 3.56. The lowest BCUT2D eigenvalue weighted by Gasteiger charge is -2.32. The van der Waals surface area contributed by atoms with Gasteiger partial charge in [-0.3, -0.25) is 4.99 Å². The normalized spacial score (nSPS) is 15.4. The molecule has 2 aromatic carbocycles. The van der Waals surface area contributed by atoms with Crippen molar-refractivity contribution in [2.45, 2.75) is 39.2 Å². The lowest BCUT2D eigenvalue weighted by Crippen LogP contribution is -2.50. The maximum Gasteiger partial charge on any atom is 0.409 e. The fourth-order valence-corrected chi connectivity index (χ4v) is 3.63. The summed E-state index contributed by atoms with van der Waals surface area (Å²) in [6.45, 7) is 7.32. The molecule has 1 heterocycles. The summed E-state index contributed by atoms with van der Waals surface area (Å²) < 4.78 is 5.09. The number of fused-ring (bicyclic) bond motifs is 1. The molecule has 1 amide bonds. The van der Waals surface area contributed by atoms with E-state index in [1.54, 1.807) is 4.90 Å². The average Bonchev–Trinajstić information content (AvgIpc) is 2.74. The Labute approximate surface area is 173 Å². The van der Waals surface area contributed by atoms with Crippen molar-refractivity contribution in [1.29, 1.82) is 0 Å². The summed E-state index contributed by atoms with van der Waals surface area (Å²) in [5.41, 5.74) is 1.30. The number of aliphatic imine (C=N–C) groups is 1. The summed E-state index contributed by atoms with van der Waals surface area (Å²) in [5.74, 6) is 0.850. The molecule has 1 aliphatic rings. The van der Waals surface area contributed by atoms with Crippen LogP contribution >= 0.6 is 0 Å². The number of nitrogens with one attached hydrogen (secondary N) is 2. The van der Waals surface area contributed by atoms with Crippen LogP contribution in [-0.4, -0.2) is 55.8 Å². The Morgan fingerprint density at radius 2 is 1.90 bits per heavy atom. The van der Waals surface area contributed by atoms with Crippen LogP contribution in [0.15, 0.2) is 47.5 Å². The summed E-state index contributed by atoms with van der Waals surface area (Å²) in [6, 6.07) is 15.4. The van der Waals surface area contributed by atoms with Crippen LogP contribution in [0.3, 0.4) is 0 Å². The number of hydrogen-bond acceptors (Lipinski definition) is 3. The second-order valence-corrected chi connectivity index (χ2v) is 7.30. The Balaban J connectivity index is 1.51. The van der Waals surface area contributed by atoms with Crippen molar-refractivity contribution in [2.75, 3.05) is 32.8 Å². The Kier molecular flexibility index (Phi) is 7.73. The number of piperidine rings is 1. The molecule has 0 aliphatic carbocycles. The summed E-state index contributed by atoms with van der Waals surface area (Å²) in [6.07, 6.45) is 2.49. The van der Waals surface area contributed by atoms with Crippen LogP contribution in [0.2, 0.25) is 0 Å². The minimum absolute atomic E-state index is 0.207. The number of hydrogen-bond donors (Lipinski definition) is 2. The van der Waals surface area contributed by atoms with Gasteiger partial charge in [-0.15, -0.1) is 0 Å². The monoisotopic (exact) mass is 396 g/mol. The molecule has 0 aromatic heterocycles. The number of rotatable bonds is 6. The van der Waals surface area contributed by atoms with E-state index >= 15 is 0 Å². The zero-order chi connectivity index (χ0) is 20.5. The fraction of sp³-hybridized carbons (Fsp3) is 0.478. The van der Waals surface area contributed by atoms with Crippen LogP contribution < -0.4 is 10.6 Å². The van der Waals surface area contributed by atoms with Gasteiger partial charge < -0.3 is 20.3 Å². The Morgan fingerprint density at radius 3 is 2.62 bits per heavy atom. The zero-order valence-electron chi connectivity index (χ0n) is 17.5. The van der Waals surface area contributed by atoms with E-state index in [-0.39, 0.29) is 6.09 Å². The summed E-state index contributed by atoms with van der Waals surface area (Å²) in [5, 5.41) is 9.40. The molecule has 29 heavy (non-hydrogen) atoms. The van der Waals surface area contributed by atoms with Gasteiger partial charge in [0.25, 0.3) is 0 Å². The minimum atomic E-state index is -0.207. The van der Waals surface area contributed by atoms with Gasteiger partial charge in [-0.2, -0.15) is 0 Å².